The fourth-order valence-electron chi connectivity index (χ4n) is 3.74. The number of amides is 1. The molecule has 172 valence electrons. The van der Waals surface area contributed by atoms with Crippen LogP contribution in [0.5, 0.6) is 0 Å². The molecule has 0 aliphatic rings. The van der Waals surface area contributed by atoms with Crippen molar-refractivity contribution in [1.82, 2.24) is 4.72 Å². The Bertz CT molecular complexity index is 1300. The zero-order valence-electron chi connectivity index (χ0n) is 18.8. The molecule has 6 nitrogen and oxygen atoms in total. The normalized spacial score (nSPS) is 12.3. The summed E-state index contributed by atoms with van der Waals surface area (Å²) in [7, 11) is -3.95. The number of carbonyl (C=O) groups is 2. The van der Waals surface area contributed by atoms with Gasteiger partial charge in [-0.25, -0.2) is 8.42 Å². The van der Waals surface area contributed by atoms with Crippen LogP contribution in [-0.2, 0) is 14.8 Å². The van der Waals surface area contributed by atoms with Crippen molar-refractivity contribution in [2.45, 2.75) is 38.6 Å². The number of ketones is 1. The number of benzene rings is 3. The first-order chi connectivity index (χ1) is 15.5. The van der Waals surface area contributed by atoms with Crippen LogP contribution in [0.25, 0.3) is 0 Å². The Balaban J connectivity index is 1.84. The van der Waals surface area contributed by atoms with Gasteiger partial charge in [-0.2, -0.15) is 4.72 Å². The molecule has 0 aliphatic carbocycles. The van der Waals surface area contributed by atoms with Crippen molar-refractivity contribution in [3.8, 4) is 0 Å². The van der Waals surface area contributed by atoms with Crippen LogP contribution in [0.3, 0.4) is 0 Å². The van der Waals surface area contributed by atoms with E-state index in [9.17, 15) is 18.0 Å². The number of aryl methyl sites for hydroxylation is 3. The van der Waals surface area contributed by atoms with Gasteiger partial charge in [0.15, 0.2) is 5.78 Å². The molecule has 33 heavy (non-hydrogen) atoms. The molecule has 3 aromatic rings. The van der Waals surface area contributed by atoms with E-state index in [-0.39, 0.29) is 21.9 Å². The number of carbonyl (C=O) groups excluding carboxylic acids is 2. The maximum atomic E-state index is 13.0. The van der Waals surface area contributed by atoms with Crippen molar-refractivity contribution in [3.63, 3.8) is 0 Å². The molecule has 0 aliphatic heterocycles. The lowest BCUT2D eigenvalue weighted by Crippen LogP contribution is -2.42. The van der Waals surface area contributed by atoms with Gasteiger partial charge in [-0.1, -0.05) is 59.6 Å². The first-order valence-corrected chi connectivity index (χ1v) is 12.2. The minimum atomic E-state index is -3.95. The van der Waals surface area contributed by atoms with E-state index < -0.39 is 22.0 Å². The van der Waals surface area contributed by atoms with Crippen LogP contribution in [0.15, 0.2) is 65.6 Å². The van der Waals surface area contributed by atoms with Gasteiger partial charge in [0.1, 0.15) is 0 Å². The van der Waals surface area contributed by atoms with E-state index in [1.165, 1.54) is 19.1 Å². The van der Waals surface area contributed by atoms with E-state index in [2.05, 4.69) is 10.0 Å². The van der Waals surface area contributed by atoms with Gasteiger partial charge in [-0.05, 0) is 57.0 Å². The highest BCUT2D eigenvalue weighted by molar-refractivity contribution is 7.89. The second-order valence-corrected chi connectivity index (χ2v) is 10.0. The van der Waals surface area contributed by atoms with Crippen molar-refractivity contribution in [2.75, 3.05) is 5.32 Å². The number of hydrogen-bond donors (Lipinski definition) is 2. The van der Waals surface area contributed by atoms with Gasteiger partial charge in [0.2, 0.25) is 15.9 Å². The van der Waals surface area contributed by atoms with Crippen LogP contribution < -0.4 is 10.0 Å². The molecule has 3 aromatic carbocycles. The Morgan fingerprint density at radius 2 is 1.52 bits per heavy atom. The summed E-state index contributed by atoms with van der Waals surface area (Å²) in [6.45, 7) is 6.77. The van der Waals surface area contributed by atoms with Crippen LogP contribution in [0.2, 0.25) is 5.02 Å². The fourth-order valence-corrected chi connectivity index (χ4v) is 5.56. The Labute approximate surface area is 199 Å². The van der Waals surface area contributed by atoms with Gasteiger partial charge in [-0.3, -0.25) is 9.59 Å². The van der Waals surface area contributed by atoms with Crippen LogP contribution in [0.4, 0.5) is 5.69 Å². The van der Waals surface area contributed by atoms with Crippen molar-refractivity contribution in [3.05, 3.63) is 93.5 Å². The summed E-state index contributed by atoms with van der Waals surface area (Å²) < 4.78 is 28.4. The highest BCUT2D eigenvalue weighted by Crippen LogP contribution is 2.25. The number of hydrogen-bond acceptors (Lipinski definition) is 4. The largest absolute Gasteiger partial charge is 0.324 e. The minimum absolute atomic E-state index is 0.152. The average molecular weight is 485 g/mol. The van der Waals surface area contributed by atoms with Gasteiger partial charge in [0.05, 0.1) is 16.6 Å². The highest BCUT2D eigenvalue weighted by Gasteiger charge is 2.26. The van der Waals surface area contributed by atoms with E-state index in [0.29, 0.717) is 21.7 Å². The SMILES string of the molecule is Cc1cc(C)c(S(=O)(=O)NC(C)C(=O)Nc2ccc(Cl)cc2C(=O)c2ccccc2)c(C)c1. The third-order valence-corrected chi connectivity index (χ3v) is 7.20. The lowest BCUT2D eigenvalue weighted by molar-refractivity contribution is -0.117. The number of sulfonamides is 1. The lowest BCUT2D eigenvalue weighted by Gasteiger charge is -2.18. The van der Waals surface area contributed by atoms with E-state index in [0.717, 1.165) is 5.56 Å². The molecule has 2 N–H and O–H groups in total. The molecule has 3 rings (SSSR count). The first kappa shape index (κ1) is 24.6. The van der Waals surface area contributed by atoms with E-state index in [4.69, 9.17) is 11.6 Å². The van der Waals surface area contributed by atoms with Gasteiger partial charge < -0.3 is 5.32 Å². The van der Waals surface area contributed by atoms with Crippen LogP contribution >= 0.6 is 11.6 Å². The zero-order valence-corrected chi connectivity index (χ0v) is 20.3. The summed E-state index contributed by atoms with van der Waals surface area (Å²) in [5, 5.41) is 2.99. The lowest BCUT2D eigenvalue weighted by atomic mass is 10.0. The van der Waals surface area contributed by atoms with Gasteiger partial charge in [0.25, 0.3) is 0 Å². The molecule has 0 fully saturated rings. The smallest absolute Gasteiger partial charge is 0.242 e. The summed E-state index contributed by atoms with van der Waals surface area (Å²) in [6, 6.07) is 15.6. The Morgan fingerprint density at radius 1 is 0.909 bits per heavy atom. The summed E-state index contributed by atoms with van der Waals surface area (Å²) in [6.07, 6.45) is 0. The van der Waals surface area contributed by atoms with Crippen molar-refractivity contribution in [1.29, 1.82) is 0 Å². The fraction of sp³-hybridized carbons (Fsp3) is 0.200. The van der Waals surface area contributed by atoms with Gasteiger partial charge in [-0.15, -0.1) is 0 Å². The van der Waals surface area contributed by atoms with E-state index in [1.807, 2.05) is 6.92 Å². The van der Waals surface area contributed by atoms with Crippen LogP contribution in [-0.4, -0.2) is 26.2 Å². The Morgan fingerprint density at radius 3 is 2.12 bits per heavy atom. The number of halogens is 1. The topological polar surface area (TPSA) is 92.3 Å². The molecule has 1 unspecified atom stereocenters. The van der Waals surface area contributed by atoms with Crippen molar-refractivity contribution in [2.24, 2.45) is 0 Å². The maximum Gasteiger partial charge on any atom is 0.242 e. The number of anilines is 1. The predicted octanol–water partition coefficient (Wildman–Crippen LogP) is 4.80. The second-order valence-electron chi connectivity index (χ2n) is 7.95. The quantitative estimate of drug-likeness (QED) is 0.471. The molecule has 8 heteroatoms. The molecule has 0 heterocycles. The van der Waals surface area contributed by atoms with Crippen LogP contribution in [0, 0.1) is 20.8 Å². The van der Waals surface area contributed by atoms with Crippen molar-refractivity contribution < 1.29 is 18.0 Å². The molecule has 0 spiro atoms. The predicted molar refractivity (Wildman–Crippen MR) is 130 cm³/mol. The molecule has 1 atom stereocenters. The summed E-state index contributed by atoms with van der Waals surface area (Å²) in [4.78, 5) is 26.0. The molecular weight excluding hydrogens is 460 g/mol. The third kappa shape index (κ3) is 5.68. The first-order valence-electron chi connectivity index (χ1n) is 10.3. The second kappa shape index (κ2) is 9.87. The standard InChI is InChI=1S/C25H25ClN2O4S/c1-15-12-16(2)24(17(3)13-15)33(31,32)28-18(4)25(30)27-22-11-10-20(26)14-21(22)23(29)19-8-6-5-7-9-19/h5-14,18,28H,1-4H3,(H,27,30). The molecule has 0 aromatic heterocycles. The molecule has 0 saturated heterocycles. The van der Waals surface area contributed by atoms with Crippen LogP contribution in [0.1, 0.15) is 39.5 Å². The summed E-state index contributed by atoms with van der Waals surface area (Å²) >= 11 is 6.09. The molecule has 0 radical (unpaired) electrons. The Hall–Kier alpha value is -3.00. The van der Waals surface area contributed by atoms with Gasteiger partial charge >= 0.3 is 0 Å². The minimum Gasteiger partial charge on any atom is -0.324 e. The molecule has 1 amide bonds. The molecule has 0 saturated carbocycles. The summed E-state index contributed by atoms with van der Waals surface area (Å²) in [5.41, 5.74) is 3.04. The van der Waals surface area contributed by atoms with E-state index >= 15 is 0 Å². The monoisotopic (exact) mass is 484 g/mol. The highest BCUT2D eigenvalue weighted by atomic mass is 35.5. The van der Waals surface area contributed by atoms with E-state index in [1.54, 1.807) is 62.4 Å². The Kier molecular flexibility index (Phi) is 7.37. The zero-order chi connectivity index (χ0) is 24.3. The maximum absolute atomic E-state index is 13.0. The molecule has 0 bridgehead atoms. The average Bonchev–Trinajstić information content (AvgIpc) is 2.73. The molecular formula is C25H25ClN2O4S. The van der Waals surface area contributed by atoms with Gasteiger partial charge in [0, 0.05) is 16.1 Å². The number of rotatable bonds is 7. The van der Waals surface area contributed by atoms with Crippen molar-refractivity contribution >= 4 is 39.0 Å². The number of nitrogens with one attached hydrogen (secondary N) is 2. The third-order valence-electron chi connectivity index (χ3n) is 5.12. The summed E-state index contributed by atoms with van der Waals surface area (Å²) in [5.74, 6) is -0.919.